The van der Waals surface area contributed by atoms with Crippen LogP contribution in [-0.4, -0.2) is 11.4 Å². The number of benzene rings is 1. The molecule has 1 spiro atoms. The molecule has 1 aliphatic heterocycles. The van der Waals surface area contributed by atoms with Gasteiger partial charge in [0.1, 0.15) is 11.4 Å². The second kappa shape index (κ2) is 3.59. The van der Waals surface area contributed by atoms with Gasteiger partial charge in [-0.3, -0.25) is 4.79 Å². The molecule has 0 radical (unpaired) electrons. The van der Waals surface area contributed by atoms with Crippen LogP contribution < -0.4 is 4.74 Å². The first-order valence-electron chi connectivity index (χ1n) is 5.70. The van der Waals surface area contributed by atoms with Gasteiger partial charge in [0.25, 0.3) is 0 Å². The Morgan fingerprint density at radius 1 is 1.25 bits per heavy atom. The van der Waals surface area contributed by atoms with Gasteiger partial charge < -0.3 is 4.74 Å². The molecule has 0 amide bonds. The van der Waals surface area contributed by atoms with Gasteiger partial charge in [-0.25, -0.2) is 0 Å². The number of Topliss-reactive ketones (excluding diaryl/α,β-unsaturated/α-hetero) is 1. The topological polar surface area (TPSA) is 26.3 Å². The lowest BCUT2D eigenvalue weighted by Gasteiger charge is -2.34. The second-order valence-corrected chi connectivity index (χ2v) is 5.65. The highest BCUT2D eigenvalue weighted by molar-refractivity contribution is 9.10. The van der Waals surface area contributed by atoms with E-state index < -0.39 is 0 Å². The van der Waals surface area contributed by atoms with Gasteiger partial charge in [0.2, 0.25) is 0 Å². The summed E-state index contributed by atoms with van der Waals surface area (Å²) in [6.45, 7) is 0. The van der Waals surface area contributed by atoms with Gasteiger partial charge >= 0.3 is 0 Å². The van der Waals surface area contributed by atoms with Crippen molar-refractivity contribution in [1.82, 2.24) is 0 Å². The fourth-order valence-corrected chi connectivity index (χ4v) is 3.11. The maximum atomic E-state index is 12.1. The summed E-state index contributed by atoms with van der Waals surface area (Å²) in [7, 11) is 0. The van der Waals surface area contributed by atoms with Crippen LogP contribution in [-0.2, 0) is 0 Å². The lowest BCUT2D eigenvalue weighted by atomic mass is 9.89. The van der Waals surface area contributed by atoms with E-state index in [-0.39, 0.29) is 11.4 Å². The van der Waals surface area contributed by atoms with Crippen LogP contribution in [0.15, 0.2) is 22.7 Å². The first kappa shape index (κ1) is 10.3. The molecule has 1 saturated carbocycles. The maximum Gasteiger partial charge on any atom is 0.170 e. The first-order valence-corrected chi connectivity index (χ1v) is 6.50. The van der Waals surface area contributed by atoms with Crippen molar-refractivity contribution in [3.05, 3.63) is 28.2 Å². The molecule has 1 aromatic carbocycles. The number of fused-ring (bicyclic) bond motifs is 1. The van der Waals surface area contributed by atoms with Gasteiger partial charge in [0.05, 0.1) is 12.0 Å². The van der Waals surface area contributed by atoms with Crippen LogP contribution >= 0.6 is 15.9 Å². The fourth-order valence-electron chi connectivity index (χ4n) is 2.77. The van der Waals surface area contributed by atoms with E-state index in [4.69, 9.17) is 4.74 Å². The molecule has 1 fully saturated rings. The Hall–Kier alpha value is -0.830. The molecular formula is C13H13BrO2. The SMILES string of the molecule is O=C1CC2(CCCC2)Oc2cc(Br)ccc21. The molecule has 3 heteroatoms. The predicted molar refractivity (Wildman–Crippen MR) is 64.9 cm³/mol. The molecule has 0 bridgehead atoms. The Morgan fingerprint density at radius 3 is 2.75 bits per heavy atom. The highest BCUT2D eigenvalue weighted by Gasteiger charge is 2.42. The Morgan fingerprint density at radius 2 is 2.00 bits per heavy atom. The Kier molecular flexibility index (Phi) is 2.32. The van der Waals surface area contributed by atoms with Crippen LogP contribution in [0.1, 0.15) is 42.5 Å². The summed E-state index contributed by atoms with van der Waals surface area (Å²) in [4.78, 5) is 12.1. The third-order valence-corrected chi connectivity index (χ3v) is 4.06. The molecule has 3 rings (SSSR count). The van der Waals surface area contributed by atoms with E-state index in [1.54, 1.807) is 0 Å². The number of hydrogen-bond donors (Lipinski definition) is 0. The van der Waals surface area contributed by atoms with E-state index >= 15 is 0 Å². The molecular weight excluding hydrogens is 268 g/mol. The minimum atomic E-state index is -0.190. The van der Waals surface area contributed by atoms with Gasteiger partial charge in [0.15, 0.2) is 5.78 Å². The van der Waals surface area contributed by atoms with E-state index in [0.717, 1.165) is 28.6 Å². The Labute approximate surface area is 103 Å². The van der Waals surface area contributed by atoms with Gasteiger partial charge in [-0.15, -0.1) is 0 Å². The zero-order chi connectivity index (χ0) is 11.2. The van der Waals surface area contributed by atoms with E-state index in [2.05, 4.69) is 15.9 Å². The van der Waals surface area contributed by atoms with Gasteiger partial charge in [-0.2, -0.15) is 0 Å². The number of ether oxygens (including phenoxy) is 1. The molecule has 2 aliphatic rings. The maximum absolute atomic E-state index is 12.1. The molecule has 1 heterocycles. The van der Waals surface area contributed by atoms with Crippen LogP contribution in [0.3, 0.4) is 0 Å². The molecule has 84 valence electrons. The molecule has 16 heavy (non-hydrogen) atoms. The molecule has 0 atom stereocenters. The molecule has 0 saturated heterocycles. The summed E-state index contributed by atoms with van der Waals surface area (Å²) in [6.07, 6.45) is 4.95. The monoisotopic (exact) mass is 280 g/mol. The van der Waals surface area contributed by atoms with Crippen LogP contribution in [0.25, 0.3) is 0 Å². The van der Waals surface area contributed by atoms with Crippen LogP contribution in [0.2, 0.25) is 0 Å². The number of ketones is 1. The van der Waals surface area contributed by atoms with Gasteiger partial charge in [-0.05, 0) is 43.9 Å². The first-order chi connectivity index (χ1) is 7.69. The van der Waals surface area contributed by atoms with E-state index in [9.17, 15) is 4.79 Å². The molecule has 1 aromatic rings. The zero-order valence-electron chi connectivity index (χ0n) is 8.96. The van der Waals surface area contributed by atoms with Crippen molar-refractivity contribution in [3.63, 3.8) is 0 Å². The lowest BCUT2D eigenvalue weighted by molar-refractivity contribution is 0.0450. The van der Waals surface area contributed by atoms with Crippen molar-refractivity contribution in [2.24, 2.45) is 0 Å². The van der Waals surface area contributed by atoms with Crippen molar-refractivity contribution in [2.75, 3.05) is 0 Å². The minimum Gasteiger partial charge on any atom is -0.486 e. The molecule has 0 unspecified atom stereocenters. The largest absolute Gasteiger partial charge is 0.486 e. The Balaban J connectivity index is 2.03. The van der Waals surface area contributed by atoms with E-state index in [1.807, 2.05) is 18.2 Å². The zero-order valence-corrected chi connectivity index (χ0v) is 10.5. The van der Waals surface area contributed by atoms with Crippen molar-refractivity contribution in [2.45, 2.75) is 37.7 Å². The summed E-state index contributed by atoms with van der Waals surface area (Å²) >= 11 is 3.42. The molecule has 0 aromatic heterocycles. The van der Waals surface area contributed by atoms with Crippen LogP contribution in [0.5, 0.6) is 5.75 Å². The van der Waals surface area contributed by atoms with Crippen molar-refractivity contribution >= 4 is 21.7 Å². The molecule has 2 nitrogen and oxygen atoms in total. The van der Waals surface area contributed by atoms with E-state index in [1.165, 1.54) is 12.8 Å². The van der Waals surface area contributed by atoms with E-state index in [0.29, 0.717) is 6.42 Å². The number of hydrogen-bond acceptors (Lipinski definition) is 2. The highest BCUT2D eigenvalue weighted by Crippen LogP contribution is 2.43. The quantitative estimate of drug-likeness (QED) is 0.724. The second-order valence-electron chi connectivity index (χ2n) is 4.73. The van der Waals surface area contributed by atoms with Crippen molar-refractivity contribution < 1.29 is 9.53 Å². The smallest absolute Gasteiger partial charge is 0.170 e. The molecule has 1 aliphatic carbocycles. The molecule has 0 N–H and O–H groups in total. The number of carbonyl (C=O) groups excluding carboxylic acids is 1. The third-order valence-electron chi connectivity index (χ3n) is 3.57. The average molecular weight is 281 g/mol. The average Bonchev–Trinajstić information content (AvgIpc) is 2.65. The number of halogens is 1. The predicted octanol–water partition coefficient (Wildman–Crippen LogP) is 3.73. The number of carbonyl (C=O) groups is 1. The van der Waals surface area contributed by atoms with Crippen LogP contribution in [0, 0.1) is 0 Å². The summed E-state index contributed by atoms with van der Waals surface area (Å²) in [5.41, 5.74) is 0.547. The minimum absolute atomic E-state index is 0.190. The Bertz CT molecular complexity index is 447. The standard InChI is InChI=1S/C13H13BrO2/c14-9-3-4-10-11(15)8-13(5-1-2-6-13)16-12(10)7-9/h3-4,7H,1-2,5-6,8H2. The summed E-state index contributed by atoms with van der Waals surface area (Å²) in [5, 5.41) is 0. The van der Waals surface area contributed by atoms with Gasteiger partial charge in [0, 0.05) is 4.47 Å². The number of rotatable bonds is 0. The summed E-state index contributed by atoms with van der Waals surface area (Å²) in [5.74, 6) is 0.989. The summed E-state index contributed by atoms with van der Waals surface area (Å²) < 4.78 is 7.05. The summed E-state index contributed by atoms with van der Waals surface area (Å²) in [6, 6.07) is 5.66. The van der Waals surface area contributed by atoms with Gasteiger partial charge in [-0.1, -0.05) is 15.9 Å². The lowest BCUT2D eigenvalue weighted by Crippen LogP contribution is -2.39. The normalized spacial score (nSPS) is 21.9. The van der Waals surface area contributed by atoms with Crippen LogP contribution in [0.4, 0.5) is 0 Å². The fraction of sp³-hybridized carbons (Fsp3) is 0.462. The third kappa shape index (κ3) is 1.58. The highest BCUT2D eigenvalue weighted by atomic mass is 79.9. The van der Waals surface area contributed by atoms with Crippen molar-refractivity contribution in [3.8, 4) is 5.75 Å². The van der Waals surface area contributed by atoms with Crippen molar-refractivity contribution in [1.29, 1.82) is 0 Å².